The van der Waals surface area contributed by atoms with E-state index in [2.05, 4.69) is 29.5 Å². The van der Waals surface area contributed by atoms with Gasteiger partial charge in [0.2, 0.25) is 0 Å². The first-order chi connectivity index (χ1) is 6.70. The average Bonchev–Trinajstić information content (AvgIpc) is 2.53. The number of guanidine groups is 1. The number of rotatable bonds is 3. The summed E-state index contributed by atoms with van der Waals surface area (Å²) in [4.78, 5) is 4.36. The summed E-state index contributed by atoms with van der Waals surface area (Å²) in [6.07, 6.45) is 1.04. The zero-order chi connectivity index (χ0) is 10.4. The molecular formula is C10H21N3O. The molecule has 1 aliphatic heterocycles. The minimum Gasteiger partial charge on any atom is -0.379 e. The van der Waals surface area contributed by atoms with Crippen LogP contribution in [0.4, 0.5) is 0 Å². The molecule has 1 aliphatic rings. The highest BCUT2D eigenvalue weighted by molar-refractivity contribution is 5.80. The van der Waals surface area contributed by atoms with Crippen LogP contribution >= 0.6 is 0 Å². The molecule has 2 N–H and O–H groups in total. The third-order valence-electron chi connectivity index (χ3n) is 2.30. The molecule has 1 fully saturated rings. The van der Waals surface area contributed by atoms with Gasteiger partial charge in [-0.15, -0.1) is 0 Å². The summed E-state index contributed by atoms with van der Waals surface area (Å²) in [6.45, 7) is 9.57. The summed E-state index contributed by atoms with van der Waals surface area (Å²) in [5, 5.41) is 6.63. The molecular weight excluding hydrogens is 178 g/mol. The third kappa shape index (κ3) is 3.18. The molecule has 0 radical (unpaired) electrons. The van der Waals surface area contributed by atoms with E-state index in [0.717, 1.165) is 38.7 Å². The van der Waals surface area contributed by atoms with Crippen molar-refractivity contribution in [3.8, 4) is 0 Å². The summed E-state index contributed by atoms with van der Waals surface area (Å²) >= 11 is 0. The second-order valence-electron chi connectivity index (χ2n) is 3.84. The van der Waals surface area contributed by atoms with Crippen molar-refractivity contribution < 1.29 is 4.74 Å². The number of nitrogens with zero attached hydrogens (tertiary/aromatic N) is 1. The van der Waals surface area contributed by atoms with Crippen LogP contribution in [0.1, 0.15) is 27.2 Å². The minimum atomic E-state index is 0.0518. The van der Waals surface area contributed by atoms with Crippen LogP contribution in [0.5, 0.6) is 0 Å². The fourth-order valence-electron chi connectivity index (χ4n) is 1.52. The van der Waals surface area contributed by atoms with Gasteiger partial charge in [-0.1, -0.05) is 0 Å². The number of aliphatic imine (C=N–C) groups is 1. The van der Waals surface area contributed by atoms with E-state index in [1.54, 1.807) is 0 Å². The Morgan fingerprint density at radius 1 is 1.50 bits per heavy atom. The molecule has 0 aromatic heterocycles. The molecule has 14 heavy (non-hydrogen) atoms. The summed E-state index contributed by atoms with van der Waals surface area (Å²) in [7, 11) is 0. The lowest BCUT2D eigenvalue weighted by Gasteiger charge is -2.26. The standard InChI is InChI=1S/C10H21N3O/c1-4-11-9(12-5-2)13-10(3)6-7-14-8-10/h4-8H2,1-3H3,(H2,11,12,13). The first kappa shape index (κ1) is 11.3. The Morgan fingerprint density at radius 2 is 2.29 bits per heavy atom. The van der Waals surface area contributed by atoms with Crippen molar-refractivity contribution in [1.82, 2.24) is 10.6 Å². The van der Waals surface area contributed by atoms with Gasteiger partial charge in [-0.25, -0.2) is 0 Å². The van der Waals surface area contributed by atoms with Gasteiger partial charge in [-0.3, -0.25) is 4.99 Å². The van der Waals surface area contributed by atoms with Crippen LogP contribution in [0.15, 0.2) is 4.99 Å². The van der Waals surface area contributed by atoms with E-state index in [4.69, 9.17) is 4.74 Å². The second kappa shape index (κ2) is 5.20. The van der Waals surface area contributed by atoms with E-state index in [9.17, 15) is 0 Å². The molecule has 1 heterocycles. The Bertz CT molecular complexity index is 198. The number of hydrogen-bond donors (Lipinski definition) is 2. The molecule has 1 atom stereocenters. The van der Waals surface area contributed by atoms with Crippen molar-refractivity contribution >= 4 is 5.96 Å². The van der Waals surface area contributed by atoms with Gasteiger partial charge in [0, 0.05) is 19.7 Å². The highest BCUT2D eigenvalue weighted by atomic mass is 16.5. The molecule has 0 aliphatic carbocycles. The molecule has 0 aromatic carbocycles. The van der Waals surface area contributed by atoms with Crippen LogP contribution in [-0.4, -0.2) is 37.8 Å². The van der Waals surface area contributed by atoms with Gasteiger partial charge in [0.1, 0.15) is 0 Å². The van der Waals surface area contributed by atoms with Crippen LogP contribution in [0.2, 0.25) is 0 Å². The molecule has 4 heteroatoms. The van der Waals surface area contributed by atoms with Crippen molar-refractivity contribution in [2.24, 2.45) is 4.99 Å². The van der Waals surface area contributed by atoms with E-state index in [-0.39, 0.29) is 5.54 Å². The normalized spacial score (nSPS) is 27.8. The first-order valence-electron chi connectivity index (χ1n) is 5.34. The zero-order valence-corrected chi connectivity index (χ0v) is 9.39. The molecule has 1 unspecified atom stereocenters. The molecule has 0 saturated carbocycles. The molecule has 4 nitrogen and oxygen atoms in total. The molecule has 0 bridgehead atoms. The zero-order valence-electron chi connectivity index (χ0n) is 9.39. The molecule has 0 aromatic rings. The average molecular weight is 199 g/mol. The molecule has 0 spiro atoms. The molecule has 0 amide bonds. The van der Waals surface area contributed by atoms with Crippen molar-refractivity contribution in [2.75, 3.05) is 26.3 Å². The van der Waals surface area contributed by atoms with Gasteiger partial charge < -0.3 is 15.4 Å². The summed E-state index contributed by atoms with van der Waals surface area (Å²) in [5.74, 6) is 0.892. The molecule has 82 valence electrons. The highest BCUT2D eigenvalue weighted by Crippen LogP contribution is 2.16. The monoisotopic (exact) mass is 199 g/mol. The van der Waals surface area contributed by atoms with Crippen LogP contribution in [0.25, 0.3) is 0 Å². The smallest absolute Gasteiger partial charge is 0.191 e. The van der Waals surface area contributed by atoms with E-state index < -0.39 is 0 Å². The maximum Gasteiger partial charge on any atom is 0.191 e. The maximum atomic E-state index is 5.37. The van der Waals surface area contributed by atoms with Crippen molar-refractivity contribution in [3.05, 3.63) is 0 Å². The first-order valence-corrected chi connectivity index (χ1v) is 5.34. The fraction of sp³-hybridized carbons (Fsp3) is 0.900. The predicted molar refractivity (Wildman–Crippen MR) is 58.6 cm³/mol. The van der Waals surface area contributed by atoms with Crippen LogP contribution in [0.3, 0.4) is 0 Å². The summed E-state index contributed by atoms with van der Waals surface area (Å²) < 4.78 is 5.37. The van der Waals surface area contributed by atoms with Crippen LogP contribution < -0.4 is 10.6 Å². The van der Waals surface area contributed by atoms with Gasteiger partial charge in [-0.05, 0) is 27.2 Å². The number of ether oxygens (including phenoxy) is 1. The third-order valence-corrected chi connectivity index (χ3v) is 2.30. The van der Waals surface area contributed by atoms with Crippen LogP contribution in [0, 0.1) is 0 Å². The largest absolute Gasteiger partial charge is 0.379 e. The summed E-state index contributed by atoms with van der Waals surface area (Å²) in [6, 6.07) is 0. The Balaban J connectivity index is 2.49. The van der Waals surface area contributed by atoms with E-state index >= 15 is 0 Å². The summed E-state index contributed by atoms with van der Waals surface area (Å²) in [5.41, 5.74) is 0.0518. The number of hydrogen-bond acceptors (Lipinski definition) is 2. The van der Waals surface area contributed by atoms with Crippen molar-refractivity contribution in [3.63, 3.8) is 0 Å². The van der Waals surface area contributed by atoms with Gasteiger partial charge >= 0.3 is 0 Å². The van der Waals surface area contributed by atoms with Gasteiger partial charge in [0.25, 0.3) is 0 Å². The fourth-order valence-corrected chi connectivity index (χ4v) is 1.52. The topological polar surface area (TPSA) is 45.7 Å². The Hall–Kier alpha value is -0.770. The van der Waals surface area contributed by atoms with Gasteiger partial charge in [-0.2, -0.15) is 0 Å². The van der Waals surface area contributed by atoms with E-state index in [0.29, 0.717) is 0 Å². The highest BCUT2D eigenvalue weighted by Gasteiger charge is 2.30. The van der Waals surface area contributed by atoms with Crippen molar-refractivity contribution in [2.45, 2.75) is 32.7 Å². The quantitative estimate of drug-likeness (QED) is 0.520. The maximum absolute atomic E-state index is 5.37. The number of nitrogens with one attached hydrogen (secondary N) is 2. The predicted octanol–water partition coefficient (Wildman–Crippen LogP) is 0.740. The minimum absolute atomic E-state index is 0.0518. The van der Waals surface area contributed by atoms with Gasteiger partial charge in [0.15, 0.2) is 5.96 Å². The Kier molecular flexibility index (Phi) is 4.20. The van der Waals surface area contributed by atoms with E-state index in [1.807, 2.05) is 6.92 Å². The molecule has 1 saturated heterocycles. The van der Waals surface area contributed by atoms with Crippen LogP contribution in [-0.2, 0) is 4.74 Å². The Morgan fingerprint density at radius 3 is 2.79 bits per heavy atom. The lowest BCUT2D eigenvalue weighted by atomic mass is 10.0. The SMILES string of the molecule is CCN=C(NCC)NC1(C)CCOC1. The second-order valence-corrected chi connectivity index (χ2v) is 3.84. The molecule has 1 rings (SSSR count). The lowest BCUT2D eigenvalue weighted by Crippen LogP contribution is -2.51. The Labute approximate surface area is 86.1 Å². The van der Waals surface area contributed by atoms with Gasteiger partial charge in [0.05, 0.1) is 12.1 Å². The van der Waals surface area contributed by atoms with Crippen molar-refractivity contribution in [1.29, 1.82) is 0 Å². The lowest BCUT2D eigenvalue weighted by molar-refractivity contribution is 0.177. The van der Waals surface area contributed by atoms with E-state index in [1.165, 1.54) is 0 Å².